The lowest BCUT2D eigenvalue weighted by Crippen LogP contribution is -2.29. The Balaban J connectivity index is 1.97. The Morgan fingerprint density at radius 2 is 2.05 bits per heavy atom. The molecule has 0 unspecified atom stereocenters. The average molecular weight is 256 g/mol. The highest BCUT2D eigenvalue weighted by Gasteiger charge is 2.15. The predicted molar refractivity (Wildman–Crippen MR) is 77.3 cm³/mol. The fourth-order valence-electron chi connectivity index (χ4n) is 2.95. The van der Waals surface area contributed by atoms with E-state index in [0.29, 0.717) is 5.75 Å². The second-order valence-electron chi connectivity index (χ2n) is 5.44. The highest BCUT2D eigenvalue weighted by molar-refractivity contribution is 5.88. The molecule has 2 heterocycles. The summed E-state index contributed by atoms with van der Waals surface area (Å²) in [4.78, 5) is 6.75. The fourth-order valence-corrected chi connectivity index (χ4v) is 2.95. The molecular formula is C16H20N2O. The van der Waals surface area contributed by atoms with Gasteiger partial charge in [-0.15, -0.1) is 0 Å². The number of phenolic OH excluding ortho intramolecular Hbond substituents is 1. The van der Waals surface area contributed by atoms with Crippen LogP contribution >= 0.6 is 0 Å². The number of aromatic nitrogens is 1. The van der Waals surface area contributed by atoms with Gasteiger partial charge in [-0.1, -0.05) is 18.6 Å². The molecule has 2 aromatic rings. The molecule has 0 aliphatic carbocycles. The molecule has 1 N–H and O–H groups in total. The average Bonchev–Trinajstić information content (AvgIpc) is 2.46. The number of aromatic hydroxyl groups is 1. The highest BCUT2D eigenvalue weighted by Crippen LogP contribution is 2.31. The van der Waals surface area contributed by atoms with Gasteiger partial charge in [-0.25, -0.2) is 0 Å². The molecule has 1 aromatic heterocycles. The van der Waals surface area contributed by atoms with Gasteiger partial charge in [0.25, 0.3) is 0 Å². The van der Waals surface area contributed by atoms with Gasteiger partial charge in [-0.2, -0.15) is 0 Å². The smallest absolute Gasteiger partial charge is 0.146 e. The van der Waals surface area contributed by atoms with Crippen LogP contribution in [-0.2, 0) is 6.54 Å². The Kier molecular flexibility index (Phi) is 3.38. The third kappa shape index (κ3) is 2.43. The molecule has 1 aromatic carbocycles. The quantitative estimate of drug-likeness (QED) is 0.896. The molecule has 100 valence electrons. The molecule has 0 bridgehead atoms. The van der Waals surface area contributed by atoms with Crippen LogP contribution in [0.2, 0.25) is 0 Å². The maximum atomic E-state index is 10.4. The van der Waals surface area contributed by atoms with Crippen molar-refractivity contribution in [3.63, 3.8) is 0 Å². The van der Waals surface area contributed by atoms with Gasteiger partial charge in [-0.05, 0) is 44.5 Å². The topological polar surface area (TPSA) is 36.4 Å². The summed E-state index contributed by atoms with van der Waals surface area (Å²) >= 11 is 0. The van der Waals surface area contributed by atoms with Crippen molar-refractivity contribution in [2.24, 2.45) is 0 Å². The monoisotopic (exact) mass is 256 g/mol. The second kappa shape index (κ2) is 5.17. The standard InChI is InChI=1S/C16H20N2O/c1-12-10-13(11-18-8-3-2-4-9-18)16(19)15-14(12)6-5-7-17-15/h5-7,10,19H,2-4,8-9,11H2,1H3. The molecule has 19 heavy (non-hydrogen) atoms. The first-order chi connectivity index (χ1) is 9.25. The van der Waals surface area contributed by atoms with Crippen LogP contribution in [0, 0.1) is 6.92 Å². The number of rotatable bonds is 2. The van der Waals surface area contributed by atoms with Crippen LogP contribution in [-0.4, -0.2) is 28.1 Å². The summed E-state index contributed by atoms with van der Waals surface area (Å²) in [5.74, 6) is 0.353. The zero-order valence-corrected chi connectivity index (χ0v) is 11.4. The number of nitrogens with zero attached hydrogens (tertiary/aromatic N) is 2. The van der Waals surface area contributed by atoms with Crippen LogP contribution < -0.4 is 0 Å². The summed E-state index contributed by atoms with van der Waals surface area (Å²) in [6.07, 6.45) is 5.62. The van der Waals surface area contributed by atoms with Gasteiger partial charge in [0, 0.05) is 23.7 Å². The lowest BCUT2D eigenvalue weighted by molar-refractivity contribution is 0.218. The SMILES string of the molecule is Cc1cc(CN2CCCCC2)c(O)c2ncccc12. The maximum absolute atomic E-state index is 10.4. The predicted octanol–water partition coefficient (Wildman–Crippen LogP) is 3.23. The van der Waals surface area contributed by atoms with Gasteiger partial charge < -0.3 is 5.11 Å². The zero-order valence-electron chi connectivity index (χ0n) is 11.4. The van der Waals surface area contributed by atoms with Gasteiger partial charge in [-0.3, -0.25) is 9.88 Å². The minimum absolute atomic E-state index is 0.353. The van der Waals surface area contributed by atoms with Gasteiger partial charge in [0.2, 0.25) is 0 Å². The number of piperidine rings is 1. The lowest BCUT2D eigenvalue weighted by Gasteiger charge is -2.27. The first-order valence-electron chi connectivity index (χ1n) is 7.04. The van der Waals surface area contributed by atoms with Crippen molar-refractivity contribution in [2.75, 3.05) is 13.1 Å². The Morgan fingerprint density at radius 3 is 2.84 bits per heavy atom. The van der Waals surface area contributed by atoms with Crippen LogP contribution in [0.15, 0.2) is 24.4 Å². The van der Waals surface area contributed by atoms with Crippen molar-refractivity contribution in [1.29, 1.82) is 0 Å². The molecular weight excluding hydrogens is 236 g/mol. The molecule has 3 heteroatoms. The number of aryl methyl sites for hydroxylation is 1. The number of hydrogen-bond donors (Lipinski definition) is 1. The van der Waals surface area contributed by atoms with E-state index < -0.39 is 0 Å². The Bertz CT molecular complexity index is 589. The summed E-state index contributed by atoms with van der Waals surface area (Å²) in [6, 6.07) is 6.04. The van der Waals surface area contributed by atoms with Crippen molar-refractivity contribution in [1.82, 2.24) is 9.88 Å². The number of benzene rings is 1. The van der Waals surface area contributed by atoms with Crippen LogP contribution in [0.3, 0.4) is 0 Å². The number of phenols is 1. The molecule has 1 aliphatic rings. The minimum Gasteiger partial charge on any atom is -0.505 e. The molecule has 0 spiro atoms. The zero-order chi connectivity index (χ0) is 13.2. The molecule has 0 amide bonds. The van der Waals surface area contributed by atoms with Crippen LogP contribution in [0.25, 0.3) is 10.9 Å². The van der Waals surface area contributed by atoms with Gasteiger partial charge in [0.15, 0.2) is 0 Å². The third-order valence-electron chi connectivity index (χ3n) is 3.99. The number of likely N-dealkylation sites (tertiary alicyclic amines) is 1. The van der Waals surface area contributed by atoms with Crippen molar-refractivity contribution < 1.29 is 5.11 Å². The van der Waals surface area contributed by atoms with Crippen LogP contribution in [0.5, 0.6) is 5.75 Å². The van der Waals surface area contributed by atoms with Gasteiger partial charge in [0.1, 0.15) is 11.3 Å². The first kappa shape index (κ1) is 12.4. The first-order valence-corrected chi connectivity index (χ1v) is 7.04. The molecule has 0 saturated carbocycles. The van der Waals surface area contributed by atoms with E-state index in [2.05, 4.69) is 22.9 Å². The molecule has 0 atom stereocenters. The van der Waals surface area contributed by atoms with Gasteiger partial charge >= 0.3 is 0 Å². The number of pyridine rings is 1. The number of fused-ring (bicyclic) bond motifs is 1. The van der Waals surface area contributed by atoms with Crippen molar-refractivity contribution in [3.8, 4) is 5.75 Å². The fraction of sp³-hybridized carbons (Fsp3) is 0.438. The summed E-state index contributed by atoms with van der Waals surface area (Å²) in [5, 5.41) is 11.5. The van der Waals surface area contributed by atoms with E-state index in [1.54, 1.807) is 6.20 Å². The lowest BCUT2D eigenvalue weighted by atomic mass is 10.0. The van der Waals surface area contributed by atoms with E-state index >= 15 is 0 Å². The Labute approximate surface area is 113 Å². The summed E-state index contributed by atoms with van der Waals surface area (Å²) < 4.78 is 0. The Morgan fingerprint density at radius 1 is 1.26 bits per heavy atom. The van der Waals surface area contributed by atoms with E-state index in [4.69, 9.17) is 0 Å². The van der Waals surface area contributed by atoms with Gasteiger partial charge in [0.05, 0.1) is 0 Å². The van der Waals surface area contributed by atoms with Crippen molar-refractivity contribution >= 4 is 10.9 Å². The molecule has 1 aliphatic heterocycles. The van der Waals surface area contributed by atoms with E-state index in [9.17, 15) is 5.11 Å². The second-order valence-corrected chi connectivity index (χ2v) is 5.44. The van der Waals surface area contributed by atoms with Crippen LogP contribution in [0.1, 0.15) is 30.4 Å². The summed E-state index contributed by atoms with van der Waals surface area (Å²) in [5.41, 5.74) is 2.92. The molecule has 1 saturated heterocycles. The van der Waals surface area contributed by atoms with E-state index in [0.717, 1.165) is 36.1 Å². The van der Waals surface area contributed by atoms with Crippen molar-refractivity contribution in [3.05, 3.63) is 35.5 Å². The van der Waals surface area contributed by atoms with E-state index in [1.807, 2.05) is 12.1 Å². The largest absolute Gasteiger partial charge is 0.505 e. The summed E-state index contributed by atoms with van der Waals surface area (Å²) in [7, 11) is 0. The number of hydrogen-bond acceptors (Lipinski definition) is 3. The maximum Gasteiger partial charge on any atom is 0.146 e. The van der Waals surface area contributed by atoms with E-state index in [-0.39, 0.29) is 0 Å². The normalized spacial score (nSPS) is 16.9. The van der Waals surface area contributed by atoms with E-state index in [1.165, 1.54) is 24.8 Å². The third-order valence-corrected chi connectivity index (χ3v) is 3.99. The molecule has 3 rings (SSSR count). The molecule has 3 nitrogen and oxygen atoms in total. The highest BCUT2D eigenvalue weighted by atomic mass is 16.3. The minimum atomic E-state index is 0.353. The summed E-state index contributed by atoms with van der Waals surface area (Å²) in [6.45, 7) is 5.19. The van der Waals surface area contributed by atoms with Crippen LogP contribution in [0.4, 0.5) is 0 Å². The van der Waals surface area contributed by atoms with Crippen molar-refractivity contribution in [2.45, 2.75) is 32.7 Å². The Hall–Kier alpha value is -1.61. The molecule has 1 fully saturated rings. The molecule has 0 radical (unpaired) electrons.